The molecule has 1 fully saturated rings. The minimum absolute atomic E-state index is 0.0931. The largest absolute Gasteiger partial charge is 0.392 e. The third kappa shape index (κ3) is 3.85. The van der Waals surface area contributed by atoms with Gasteiger partial charge in [0, 0.05) is 19.5 Å². The first-order chi connectivity index (χ1) is 8.41. The number of rotatable bonds is 5. The molecule has 0 atom stereocenters. The van der Waals surface area contributed by atoms with E-state index in [0.29, 0.717) is 17.3 Å². The van der Waals surface area contributed by atoms with Crippen LogP contribution in [0, 0.1) is 5.92 Å². The maximum Gasteiger partial charge on any atom is 0.222 e. The summed E-state index contributed by atoms with van der Waals surface area (Å²) in [6.45, 7) is 5.87. The molecule has 0 aromatic carbocycles. The van der Waals surface area contributed by atoms with Crippen LogP contribution in [-0.2, 0) is 4.79 Å². The highest BCUT2D eigenvalue weighted by atomic mass is 32.2. The van der Waals surface area contributed by atoms with E-state index >= 15 is 0 Å². The summed E-state index contributed by atoms with van der Waals surface area (Å²) in [6, 6.07) is 0. The van der Waals surface area contributed by atoms with Gasteiger partial charge in [0.05, 0.1) is 9.74 Å². The van der Waals surface area contributed by atoms with Crippen molar-refractivity contribution in [2.24, 2.45) is 11.7 Å². The van der Waals surface area contributed by atoms with E-state index in [1.807, 2.05) is 4.90 Å². The molecule has 1 amide bonds. The number of hydrogen-bond donors (Lipinski definition) is 1. The van der Waals surface area contributed by atoms with Gasteiger partial charge >= 0.3 is 0 Å². The Balaban J connectivity index is 2.48. The number of thiocarbonyl (C=S) groups is 1. The lowest BCUT2D eigenvalue weighted by atomic mass is 9.95. The van der Waals surface area contributed by atoms with Crippen molar-refractivity contribution in [3.8, 4) is 0 Å². The van der Waals surface area contributed by atoms with Crippen molar-refractivity contribution in [3.63, 3.8) is 0 Å². The summed E-state index contributed by atoms with van der Waals surface area (Å²) in [6.07, 6.45) is 5.46. The lowest BCUT2D eigenvalue weighted by molar-refractivity contribution is -0.132. The smallest absolute Gasteiger partial charge is 0.222 e. The van der Waals surface area contributed by atoms with Crippen molar-refractivity contribution in [2.75, 3.05) is 19.3 Å². The van der Waals surface area contributed by atoms with Crippen molar-refractivity contribution in [3.05, 3.63) is 0 Å². The van der Waals surface area contributed by atoms with Crippen LogP contribution in [-0.4, -0.2) is 39.9 Å². The molecule has 0 bridgehead atoms. The van der Waals surface area contributed by atoms with E-state index in [9.17, 15) is 4.79 Å². The molecule has 1 heterocycles. The Hall–Kier alpha value is -0.290. The van der Waals surface area contributed by atoms with Crippen LogP contribution in [0.25, 0.3) is 0 Å². The predicted octanol–water partition coefficient (Wildman–Crippen LogP) is 2.43. The van der Waals surface area contributed by atoms with Gasteiger partial charge in [-0.1, -0.05) is 26.1 Å². The molecule has 18 heavy (non-hydrogen) atoms. The quantitative estimate of drug-likeness (QED) is 0.789. The Morgan fingerprint density at radius 2 is 2.00 bits per heavy atom. The maximum atomic E-state index is 12.0. The van der Waals surface area contributed by atoms with E-state index in [4.69, 9.17) is 18.0 Å². The summed E-state index contributed by atoms with van der Waals surface area (Å²) in [4.78, 5) is 14.6. The molecule has 2 N–H and O–H groups in total. The summed E-state index contributed by atoms with van der Waals surface area (Å²) >= 11 is 6.90. The zero-order chi connectivity index (χ0) is 13.8. The average Bonchev–Trinajstić information content (AvgIpc) is 2.35. The molecular weight excluding hydrogens is 264 g/mol. The summed E-state index contributed by atoms with van der Waals surface area (Å²) in [5.41, 5.74) is 5.84. The van der Waals surface area contributed by atoms with Crippen molar-refractivity contribution in [2.45, 2.75) is 44.3 Å². The number of amides is 1. The van der Waals surface area contributed by atoms with E-state index in [-0.39, 0.29) is 10.7 Å². The highest BCUT2D eigenvalue weighted by Crippen LogP contribution is 2.35. The molecule has 0 saturated carbocycles. The van der Waals surface area contributed by atoms with Crippen LogP contribution in [0.5, 0.6) is 0 Å². The Morgan fingerprint density at radius 3 is 2.39 bits per heavy atom. The van der Waals surface area contributed by atoms with Crippen molar-refractivity contribution in [1.82, 2.24) is 4.90 Å². The fourth-order valence-corrected chi connectivity index (χ4v) is 3.48. The molecule has 104 valence electrons. The van der Waals surface area contributed by atoms with Gasteiger partial charge in [-0.3, -0.25) is 4.79 Å². The molecule has 0 aliphatic carbocycles. The van der Waals surface area contributed by atoms with Crippen LogP contribution in [0.1, 0.15) is 39.5 Å². The second-order valence-electron chi connectivity index (χ2n) is 5.38. The Kier molecular flexibility index (Phi) is 5.92. The molecule has 0 unspecified atom stereocenters. The fourth-order valence-electron chi connectivity index (χ4n) is 2.24. The summed E-state index contributed by atoms with van der Waals surface area (Å²) in [7, 11) is 0. The topological polar surface area (TPSA) is 46.3 Å². The highest BCUT2D eigenvalue weighted by molar-refractivity contribution is 8.02. The monoisotopic (exact) mass is 288 g/mol. The van der Waals surface area contributed by atoms with Crippen molar-refractivity contribution >= 4 is 34.9 Å². The number of thioether (sulfide) groups is 1. The number of nitrogens with zero attached hydrogens (tertiary/aromatic N) is 1. The zero-order valence-corrected chi connectivity index (χ0v) is 13.2. The molecule has 1 rings (SSSR count). The number of piperidine rings is 1. The van der Waals surface area contributed by atoms with Crippen LogP contribution in [0.3, 0.4) is 0 Å². The summed E-state index contributed by atoms with van der Waals surface area (Å²) < 4.78 is -0.0931. The van der Waals surface area contributed by atoms with Gasteiger partial charge in [0.1, 0.15) is 0 Å². The van der Waals surface area contributed by atoms with Crippen LogP contribution in [0.15, 0.2) is 0 Å². The fraction of sp³-hybridized carbons (Fsp3) is 0.846. The third-order valence-electron chi connectivity index (χ3n) is 3.70. The van der Waals surface area contributed by atoms with Gasteiger partial charge in [0.25, 0.3) is 0 Å². The van der Waals surface area contributed by atoms with Crippen LogP contribution >= 0.6 is 24.0 Å². The number of carbonyl (C=O) groups is 1. The lowest BCUT2D eigenvalue weighted by Gasteiger charge is -2.40. The molecule has 1 aliphatic heterocycles. The molecule has 1 saturated heterocycles. The number of hydrogen-bond acceptors (Lipinski definition) is 3. The normalized spacial score (nSPS) is 19.0. The molecule has 0 aromatic heterocycles. The van der Waals surface area contributed by atoms with E-state index in [0.717, 1.165) is 32.4 Å². The number of nitrogens with two attached hydrogens (primary N) is 1. The molecule has 0 radical (unpaired) electrons. The van der Waals surface area contributed by atoms with E-state index in [1.165, 1.54) is 0 Å². The van der Waals surface area contributed by atoms with Crippen LogP contribution < -0.4 is 5.73 Å². The highest BCUT2D eigenvalue weighted by Gasteiger charge is 2.37. The van der Waals surface area contributed by atoms with Crippen LogP contribution in [0.4, 0.5) is 0 Å². The Labute approximate surface area is 120 Å². The molecule has 0 spiro atoms. The molecule has 5 heteroatoms. The van der Waals surface area contributed by atoms with Crippen molar-refractivity contribution < 1.29 is 4.79 Å². The minimum atomic E-state index is -0.0931. The first-order valence-corrected chi connectivity index (χ1v) is 8.17. The van der Waals surface area contributed by atoms with E-state index in [1.54, 1.807) is 11.8 Å². The standard InChI is InChI=1S/C13H24N2OS2/c1-10(2)4-5-11(16)15-8-6-13(18-3,7-9-15)12(14)17/h10H,4-9H2,1-3H3,(H2,14,17). The molecule has 3 nitrogen and oxygen atoms in total. The number of carbonyl (C=O) groups excluding carboxylic acids is 1. The lowest BCUT2D eigenvalue weighted by Crippen LogP contribution is -2.50. The first-order valence-electron chi connectivity index (χ1n) is 6.54. The van der Waals surface area contributed by atoms with Gasteiger partial charge in [0.15, 0.2) is 0 Å². The average molecular weight is 288 g/mol. The summed E-state index contributed by atoms with van der Waals surface area (Å²) in [5.74, 6) is 0.863. The summed E-state index contributed by atoms with van der Waals surface area (Å²) in [5, 5.41) is 0. The van der Waals surface area contributed by atoms with E-state index in [2.05, 4.69) is 20.1 Å². The third-order valence-corrected chi connectivity index (χ3v) is 5.63. The second kappa shape index (κ2) is 6.75. The first kappa shape index (κ1) is 15.8. The Morgan fingerprint density at radius 1 is 1.44 bits per heavy atom. The van der Waals surface area contributed by atoms with Crippen LogP contribution in [0.2, 0.25) is 0 Å². The Bertz CT molecular complexity index is 310. The van der Waals surface area contributed by atoms with Gasteiger partial charge in [-0.15, -0.1) is 0 Å². The molecule has 1 aliphatic rings. The van der Waals surface area contributed by atoms with Crippen molar-refractivity contribution in [1.29, 1.82) is 0 Å². The maximum absolute atomic E-state index is 12.0. The second-order valence-corrected chi connectivity index (χ2v) is 7.01. The van der Waals surface area contributed by atoms with Gasteiger partial charge in [-0.05, 0) is 31.4 Å². The minimum Gasteiger partial charge on any atom is -0.392 e. The zero-order valence-electron chi connectivity index (χ0n) is 11.6. The van der Waals surface area contributed by atoms with Gasteiger partial charge in [-0.25, -0.2) is 0 Å². The van der Waals surface area contributed by atoms with Gasteiger partial charge in [0.2, 0.25) is 5.91 Å². The number of likely N-dealkylation sites (tertiary alicyclic amines) is 1. The van der Waals surface area contributed by atoms with Gasteiger partial charge < -0.3 is 10.6 Å². The molecule has 0 aromatic rings. The van der Waals surface area contributed by atoms with E-state index < -0.39 is 0 Å². The van der Waals surface area contributed by atoms with Gasteiger partial charge in [-0.2, -0.15) is 11.8 Å². The molecular formula is C13H24N2OS2. The SMILES string of the molecule is CSC1(C(N)=S)CCN(C(=O)CCC(C)C)CC1. The predicted molar refractivity (Wildman–Crippen MR) is 82.9 cm³/mol.